The summed E-state index contributed by atoms with van der Waals surface area (Å²) in [5.74, 6) is 0.794. The standard InChI is InChI=1S/C17H29NO5/c1-2-20-7-8-21-9-10-22-11-12-23-17-5-3-15(4-6-17)13-16(18)14-19/h3-6,16,19H,2,7-14,18H2,1H3/t16-/m0/s1. The quantitative estimate of drug-likeness (QED) is 0.496. The van der Waals surface area contributed by atoms with Gasteiger partial charge in [-0.3, -0.25) is 0 Å². The van der Waals surface area contributed by atoms with Crippen molar-refractivity contribution in [3.8, 4) is 5.75 Å². The van der Waals surface area contributed by atoms with E-state index in [0.29, 0.717) is 52.7 Å². The lowest BCUT2D eigenvalue weighted by atomic mass is 10.1. The number of aliphatic hydroxyl groups is 1. The molecule has 6 nitrogen and oxygen atoms in total. The Labute approximate surface area is 138 Å². The highest BCUT2D eigenvalue weighted by molar-refractivity contribution is 5.27. The second-order valence-electron chi connectivity index (χ2n) is 5.06. The highest BCUT2D eigenvalue weighted by atomic mass is 16.6. The minimum Gasteiger partial charge on any atom is -0.491 e. The molecule has 132 valence electrons. The number of benzene rings is 1. The maximum Gasteiger partial charge on any atom is 0.119 e. The summed E-state index contributed by atoms with van der Waals surface area (Å²) in [4.78, 5) is 0. The minimum atomic E-state index is -0.217. The number of ether oxygens (including phenoxy) is 4. The van der Waals surface area contributed by atoms with Gasteiger partial charge in [0.25, 0.3) is 0 Å². The van der Waals surface area contributed by atoms with Crippen LogP contribution >= 0.6 is 0 Å². The van der Waals surface area contributed by atoms with Gasteiger partial charge in [0.05, 0.1) is 39.6 Å². The Hall–Kier alpha value is -1.18. The van der Waals surface area contributed by atoms with E-state index in [1.807, 2.05) is 31.2 Å². The van der Waals surface area contributed by atoms with E-state index in [1.165, 1.54) is 0 Å². The normalized spacial score (nSPS) is 12.3. The van der Waals surface area contributed by atoms with Crippen LogP contribution in [0.15, 0.2) is 24.3 Å². The molecule has 0 fully saturated rings. The van der Waals surface area contributed by atoms with Crippen LogP contribution in [-0.2, 0) is 20.6 Å². The van der Waals surface area contributed by atoms with E-state index in [-0.39, 0.29) is 12.6 Å². The van der Waals surface area contributed by atoms with Gasteiger partial charge in [-0.15, -0.1) is 0 Å². The molecule has 0 spiro atoms. The summed E-state index contributed by atoms with van der Waals surface area (Å²) < 4.78 is 21.5. The number of hydrogen-bond acceptors (Lipinski definition) is 6. The van der Waals surface area contributed by atoms with Gasteiger partial charge in [-0.05, 0) is 31.0 Å². The van der Waals surface area contributed by atoms with Gasteiger partial charge < -0.3 is 29.8 Å². The Bertz CT molecular complexity index is 385. The molecular weight excluding hydrogens is 298 g/mol. The third-order valence-electron chi connectivity index (χ3n) is 3.10. The molecule has 0 saturated heterocycles. The molecule has 0 aromatic heterocycles. The molecule has 3 N–H and O–H groups in total. The molecule has 1 aromatic rings. The van der Waals surface area contributed by atoms with E-state index in [9.17, 15) is 0 Å². The molecule has 1 rings (SSSR count). The molecule has 6 heteroatoms. The molecule has 0 aliphatic carbocycles. The number of rotatable bonds is 14. The van der Waals surface area contributed by atoms with Crippen molar-refractivity contribution in [3.63, 3.8) is 0 Å². The molecule has 0 radical (unpaired) electrons. The third-order valence-corrected chi connectivity index (χ3v) is 3.10. The van der Waals surface area contributed by atoms with Crippen molar-refractivity contribution in [1.82, 2.24) is 0 Å². The van der Waals surface area contributed by atoms with Crippen LogP contribution in [0.3, 0.4) is 0 Å². The molecular formula is C17H29NO5. The van der Waals surface area contributed by atoms with Crippen LogP contribution in [0.2, 0.25) is 0 Å². The summed E-state index contributed by atoms with van der Waals surface area (Å²) in [6.07, 6.45) is 0.656. The first-order valence-electron chi connectivity index (χ1n) is 8.07. The third kappa shape index (κ3) is 10.3. The summed E-state index contributed by atoms with van der Waals surface area (Å²) >= 11 is 0. The van der Waals surface area contributed by atoms with Gasteiger partial charge >= 0.3 is 0 Å². The average molecular weight is 327 g/mol. The average Bonchev–Trinajstić information content (AvgIpc) is 2.58. The molecule has 1 atom stereocenters. The van der Waals surface area contributed by atoms with Crippen LogP contribution in [-0.4, -0.2) is 64.0 Å². The fourth-order valence-electron chi connectivity index (χ4n) is 1.89. The van der Waals surface area contributed by atoms with Crippen LogP contribution in [0.1, 0.15) is 12.5 Å². The smallest absolute Gasteiger partial charge is 0.119 e. The largest absolute Gasteiger partial charge is 0.491 e. The zero-order chi connectivity index (χ0) is 16.8. The van der Waals surface area contributed by atoms with Crippen molar-refractivity contribution in [2.24, 2.45) is 5.73 Å². The fraction of sp³-hybridized carbons (Fsp3) is 0.647. The molecule has 0 amide bonds. The molecule has 0 saturated carbocycles. The van der Waals surface area contributed by atoms with E-state index in [2.05, 4.69) is 0 Å². The zero-order valence-corrected chi connectivity index (χ0v) is 13.9. The van der Waals surface area contributed by atoms with E-state index >= 15 is 0 Å². The molecule has 0 aliphatic rings. The summed E-state index contributed by atoms with van der Waals surface area (Å²) in [5.41, 5.74) is 6.78. The topological polar surface area (TPSA) is 83.2 Å². The van der Waals surface area contributed by atoms with Crippen molar-refractivity contribution < 1.29 is 24.1 Å². The first kappa shape index (κ1) is 19.9. The van der Waals surface area contributed by atoms with Crippen molar-refractivity contribution in [1.29, 1.82) is 0 Å². The van der Waals surface area contributed by atoms with Crippen LogP contribution in [0.5, 0.6) is 5.75 Å². The predicted molar refractivity (Wildman–Crippen MR) is 88.8 cm³/mol. The van der Waals surface area contributed by atoms with Gasteiger partial charge in [-0.1, -0.05) is 12.1 Å². The van der Waals surface area contributed by atoms with Crippen LogP contribution in [0.4, 0.5) is 0 Å². The Morgan fingerprint density at radius 1 is 0.913 bits per heavy atom. The van der Waals surface area contributed by atoms with Gasteiger partial charge in [-0.25, -0.2) is 0 Å². The Morgan fingerprint density at radius 3 is 2.04 bits per heavy atom. The van der Waals surface area contributed by atoms with Gasteiger partial charge in [0, 0.05) is 12.6 Å². The van der Waals surface area contributed by atoms with E-state index in [0.717, 1.165) is 11.3 Å². The summed E-state index contributed by atoms with van der Waals surface area (Å²) in [7, 11) is 0. The van der Waals surface area contributed by atoms with Crippen molar-refractivity contribution in [2.45, 2.75) is 19.4 Å². The zero-order valence-electron chi connectivity index (χ0n) is 13.9. The lowest BCUT2D eigenvalue weighted by Crippen LogP contribution is -2.26. The predicted octanol–water partition coefficient (Wildman–Crippen LogP) is 0.997. The molecule has 0 bridgehead atoms. The van der Waals surface area contributed by atoms with Crippen LogP contribution < -0.4 is 10.5 Å². The lowest BCUT2D eigenvalue weighted by Gasteiger charge is -2.10. The molecule has 0 unspecified atom stereocenters. The second kappa shape index (κ2) is 13.3. The lowest BCUT2D eigenvalue weighted by molar-refractivity contribution is 0.0114. The SMILES string of the molecule is CCOCCOCCOCCOc1ccc(C[C@H](N)CO)cc1. The maximum atomic E-state index is 8.93. The first-order chi connectivity index (χ1) is 11.3. The Kier molecular flexibility index (Phi) is 11.5. The molecule has 0 heterocycles. The van der Waals surface area contributed by atoms with Crippen LogP contribution in [0, 0.1) is 0 Å². The highest BCUT2D eigenvalue weighted by Crippen LogP contribution is 2.13. The van der Waals surface area contributed by atoms with Crippen molar-refractivity contribution in [2.75, 3.05) is 52.9 Å². The molecule has 0 aliphatic heterocycles. The van der Waals surface area contributed by atoms with Crippen molar-refractivity contribution in [3.05, 3.63) is 29.8 Å². The summed E-state index contributed by atoms with van der Waals surface area (Å²) in [5, 5.41) is 8.93. The number of aliphatic hydroxyl groups excluding tert-OH is 1. The number of nitrogens with two attached hydrogens (primary N) is 1. The molecule has 23 heavy (non-hydrogen) atoms. The van der Waals surface area contributed by atoms with Gasteiger partial charge in [-0.2, -0.15) is 0 Å². The maximum absolute atomic E-state index is 8.93. The summed E-state index contributed by atoms with van der Waals surface area (Å²) in [6.45, 7) is 6.01. The number of hydrogen-bond donors (Lipinski definition) is 2. The highest BCUT2D eigenvalue weighted by Gasteiger charge is 2.02. The van der Waals surface area contributed by atoms with E-state index in [1.54, 1.807) is 0 Å². The second-order valence-corrected chi connectivity index (χ2v) is 5.06. The van der Waals surface area contributed by atoms with Gasteiger partial charge in [0.2, 0.25) is 0 Å². The Balaban J connectivity index is 2.01. The van der Waals surface area contributed by atoms with Crippen LogP contribution in [0.25, 0.3) is 0 Å². The first-order valence-corrected chi connectivity index (χ1v) is 8.07. The van der Waals surface area contributed by atoms with Crippen molar-refractivity contribution >= 4 is 0 Å². The minimum absolute atomic E-state index is 0.00900. The van der Waals surface area contributed by atoms with E-state index in [4.69, 9.17) is 29.8 Å². The fourth-order valence-corrected chi connectivity index (χ4v) is 1.89. The van der Waals surface area contributed by atoms with Gasteiger partial charge in [0.15, 0.2) is 0 Å². The molecule has 1 aromatic carbocycles. The Morgan fingerprint density at radius 2 is 1.48 bits per heavy atom. The van der Waals surface area contributed by atoms with E-state index < -0.39 is 0 Å². The van der Waals surface area contributed by atoms with Gasteiger partial charge in [0.1, 0.15) is 12.4 Å². The summed E-state index contributed by atoms with van der Waals surface area (Å²) in [6, 6.07) is 7.49. The monoisotopic (exact) mass is 327 g/mol.